The molecule has 0 radical (unpaired) electrons. The highest BCUT2D eigenvalue weighted by Crippen LogP contribution is 1.87. The molecule has 0 rings (SSSR count). The van der Waals surface area contributed by atoms with Crippen LogP contribution in [0.3, 0.4) is 0 Å². The van der Waals surface area contributed by atoms with Gasteiger partial charge in [-0.3, -0.25) is 9.35 Å². The minimum absolute atomic E-state index is 0.200. The van der Waals surface area contributed by atoms with Crippen LogP contribution in [0.25, 0.3) is 0 Å². The van der Waals surface area contributed by atoms with Crippen molar-refractivity contribution in [3.05, 3.63) is 0 Å². The van der Waals surface area contributed by atoms with Crippen LogP contribution >= 0.6 is 0 Å². The topological polar surface area (TPSA) is 80.7 Å². The molecule has 0 amide bonds. The van der Waals surface area contributed by atoms with Crippen LogP contribution in [0.5, 0.6) is 0 Å². The van der Waals surface area contributed by atoms with Crippen LogP contribution in [0, 0.1) is 0 Å². The fourth-order valence-corrected chi connectivity index (χ4v) is 0.657. The van der Waals surface area contributed by atoms with E-state index < -0.39 is 21.8 Å². The molecule has 0 aliphatic carbocycles. The molecule has 0 aromatic rings. The maximum Gasteiger partial charge on any atom is 0.305 e. The quantitative estimate of drug-likeness (QED) is 0.482. The predicted octanol–water partition coefficient (Wildman–Crippen LogP) is -0.173. The van der Waals surface area contributed by atoms with Crippen molar-refractivity contribution in [3.8, 4) is 0 Å². The summed E-state index contributed by atoms with van der Waals surface area (Å²) in [6.45, 7) is 1.31. The molecule has 0 bridgehead atoms. The molecule has 0 aromatic carbocycles. The van der Waals surface area contributed by atoms with Crippen LogP contribution in [0.1, 0.15) is 13.3 Å². The predicted molar refractivity (Wildman–Crippen MR) is 37.7 cm³/mol. The van der Waals surface area contributed by atoms with Gasteiger partial charge in [-0.05, 0) is 0 Å². The molecule has 0 aliphatic rings. The monoisotopic (exact) mass is 182 g/mol. The van der Waals surface area contributed by atoms with Crippen molar-refractivity contribution in [2.75, 3.05) is 12.4 Å². The smallest absolute Gasteiger partial charge is 0.305 e. The Labute approximate surface area is 65.1 Å². The van der Waals surface area contributed by atoms with Gasteiger partial charge in [-0.15, -0.1) is 0 Å². The second-order valence-electron chi connectivity index (χ2n) is 1.86. The summed E-state index contributed by atoms with van der Waals surface area (Å²) >= 11 is 0. The van der Waals surface area contributed by atoms with Gasteiger partial charge in [0.25, 0.3) is 10.1 Å². The number of ether oxygens (including phenoxy) is 1. The number of hydrogen-bond acceptors (Lipinski definition) is 4. The molecule has 0 aliphatic heterocycles. The molecule has 0 unspecified atom stereocenters. The minimum Gasteiger partial charge on any atom is -0.465 e. The van der Waals surface area contributed by atoms with Gasteiger partial charge in [-0.25, -0.2) is 0 Å². The van der Waals surface area contributed by atoms with Gasteiger partial charge in [0.15, 0.2) is 0 Å². The lowest BCUT2D eigenvalue weighted by Crippen LogP contribution is -2.13. The fraction of sp³-hybridized carbons (Fsp3) is 0.800. The lowest BCUT2D eigenvalue weighted by molar-refractivity contribution is -0.142. The van der Waals surface area contributed by atoms with E-state index in [1.54, 1.807) is 6.92 Å². The molecule has 6 heteroatoms. The van der Waals surface area contributed by atoms with Crippen molar-refractivity contribution in [2.45, 2.75) is 13.3 Å². The van der Waals surface area contributed by atoms with Gasteiger partial charge in [-0.2, -0.15) is 8.42 Å². The maximum absolute atomic E-state index is 10.4. The third-order valence-electron chi connectivity index (χ3n) is 0.893. The average molecular weight is 182 g/mol. The summed E-state index contributed by atoms with van der Waals surface area (Å²) in [4.78, 5) is 10.4. The molecule has 0 spiro atoms. The van der Waals surface area contributed by atoms with Crippen molar-refractivity contribution >= 4 is 16.1 Å². The molecule has 11 heavy (non-hydrogen) atoms. The SMILES string of the molecule is CCC(=O)OCCS(=O)(=O)O. The second kappa shape index (κ2) is 4.30. The summed E-state index contributed by atoms with van der Waals surface area (Å²) < 4.78 is 32.7. The lowest BCUT2D eigenvalue weighted by Gasteiger charge is -1.99. The average Bonchev–Trinajstić information content (AvgIpc) is 1.85. The molecule has 1 N–H and O–H groups in total. The van der Waals surface area contributed by atoms with Crippen molar-refractivity contribution < 1.29 is 22.5 Å². The first-order valence-electron chi connectivity index (χ1n) is 3.06. The van der Waals surface area contributed by atoms with Crippen LogP contribution < -0.4 is 0 Å². The molecular formula is C5H10O5S. The summed E-state index contributed by atoms with van der Waals surface area (Å²) in [5, 5.41) is 0. The normalized spacial score (nSPS) is 11.1. The van der Waals surface area contributed by atoms with Gasteiger partial charge in [0, 0.05) is 6.42 Å². The van der Waals surface area contributed by atoms with Gasteiger partial charge in [0.05, 0.1) is 0 Å². The zero-order valence-corrected chi connectivity index (χ0v) is 6.93. The Morgan fingerprint density at radius 3 is 2.45 bits per heavy atom. The fourth-order valence-electron chi connectivity index (χ4n) is 0.363. The second-order valence-corrected chi connectivity index (χ2v) is 3.43. The molecule has 0 fully saturated rings. The maximum atomic E-state index is 10.4. The van der Waals surface area contributed by atoms with E-state index in [2.05, 4.69) is 4.74 Å². The van der Waals surface area contributed by atoms with Crippen molar-refractivity contribution in [3.63, 3.8) is 0 Å². The molecule has 0 atom stereocenters. The third kappa shape index (κ3) is 7.27. The van der Waals surface area contributed by atoms with Crippen molar-refractivity contribution in [1.82, 2.24) is 0 Å². The summed E-state index contributed by atoms with van der Waals surface area (Å²) in [6, 6.07) is 0. The third-order valence-corrected chi connectivity index (χ3v) is 1.58. The van der Waals surface area contributed by atoms with E-state index in [9.17, 15) is 13.2 Å². The summed E-state index contributed by atoms with van der Waals surface area (Å²) in [7, 11) is -4.01. The first kappa shape index (κ1) is 10.4. The highest BCUT2D eigenvalue weighted by molar-refractivity contribution is 7.85. The van der Waals surface area contributed by atoms with E-state index in [1.807, 2.05) is 0 Å². The highest BCUT2D eigenvalue weighted by Gasteiger charge is 2.05. The Balaban J connectivity index is 3.51. The minimum atomic E-state index is -4.01. The summed E-state index contributed by atoms with van der Waals surface area (Å²) in [6.07, 6.45) is 0.200. The Hall–Kier alpha value is -0.620. The van der Waals surface area contributed by atoms with Crippen LogP contribution in [0.4, 0.5) is 0 Å². The summed E-state index contributed by atoms with van der Waals surface area (Å²) in [5.41, 5.74) is 0. The number of carbonyl (C=O) groups is 1. The standard InChI is InChI=1S/C5H10O5S/c1-2-5(6)10-3-4-11(7,8)9/h2-4H2,1H3,(H,7,8,9). The molecule has 0 saturated heterocycles. The molecule has 0 saturated carbocycles. The van der Waals surface area contributed by atoms with Crippen molar-refractivity contribution in [1.29, 1.82) is 0 Å². The van der Waals surface area contributed by atoms with Gasteiger partial charge in [-0.1, -0.05) is 6.92 Å². The van der Waals surface area contributed by atoms with Gasteiger partial charge < -0.3 is 4.74 Å². The molecule has 0 aromatic heterocycles. The Morgan fingerprint density at radius 2 is 2.09 bits per heavy atom. The van der Waals surface area contributed by atoms with Gasteiger partial charge in [0.1, 0.15) is 12.4 Å². The number of carbonyl (C=O) groups excluding carboxylic acids is 1. The van der Waals surface area contributed by atoms with Crippen LogP contribution in [-0.4, -0.2) is 31.3 Å². The molecule has 0 heterocycles. The molecular weight excluding hydrogens is 172 g/mol. The van der Waals surface area contributed by atoms with E-state index in [-0.39, 0.29) is 13.0 Å². The Kier molecular flexibility index (Phi) is 4.06. The highest BCUT2D eigenvalue weighted by atomic mass is 32.2. The van der Waals surface area contributed by atoms with E-state index in [0.29, 0.717) is 0 Å². The number of rotatable bonds is 4. The van der Waals surface area contributed by atoms with Crippen molar-refractivity contribution in [2.24, 2.45) is 0 Å². The van der Waals surface area contributed by atoms with E-state index in [0.717, 1.165) is 0 Å². The zero-order valence-electron chi connectivity index (χ0n) is 6.11. The number of esters is 1. The van der Waals surface area contributed by atoms with E-state index in [4.69, 9.17) is 4.55 Å². The lowest BCUT2D eigenvalue weighted by atomic mass is 10.5. The Bertz CT molecular complexity index is 217. The van der Waals surface area contributed by atoms with Gasteiger partial charge in [0.2, 0.25) is 0 Å². The summed E-state index contributed by atoms with van der Waals surface area (Å²) in [5.74, 6) is -1.02. The van der Waals surface area contributed by atoms with Gasteiger partial charge >= 0.3 is 5.97 Å². The molecule has 5 nitrogen and oxygen atoms in total. The first-order valence-corrected chi connectivity index (χ1v) is 4.67. The molecule has 66 valence electrons. The van der Waals surface area contributed by atoms with E-state index in [1.165, 1.54) is 0 Å². The zero-order chi connectivity index (χ0) is 8.91. The van der Waals surface area contributed by atoms with Crippen LogP contribution in [-0.2, 0) is 19.6 Å². The van der Waals surface area contributed by atoms with Crippen LogP contribution in [0.15, 0.2) is 0 Å². The first-order chi connectivity index (χ1) is 4.95. The Morgan fingerprint density at radius 1 is 1.55 bits per heavy atom. The number of hydrogen-bond donors (Lipinski definition) is 1. The largest absolute Gasteiger partial charge is 0.465 e. The van der Waals surface area contributed by atoms with Crippen LogP contribution in [0.2, 0.25) is 0 Å². The van der Waals surface area contributed by atoms with E-state index >= 15 is 0 Å².